The van der Waals surface area contributed by atoms with E-state index in [1.807, 2.05) is 6.92 Å². The topological polar surface area (TPSA) is 62.7 Å². The first-order valence-corrected chi connectivity index (χ1v) is 9.10. The van der Waals surface area contributed by atoms with E-state index in [0.717, 1.165) is 21.4 Å². The number of rotatable bonds is 4. The normalized spacial score (nSPS) is 16.6. The predicted octanol–water partition coefficient (Wildman–Crippen LogP) is 4.10. The van der Waals surface area contributed by atoms with Crippen molar-refractivity contribution in [3.8, 4) is 0 Å². The molecule has 0 aliphatic carbocycles. The molecule has 1 aliphatic heterocycles. The van der Waals surface area contributed by atoms with Crippen molar-refractivity contribution >= 4 is 23.5 Å². The number of cyclic esters (lactones) is 1. The first kappa shape index (κ1) is 21.5. The van der Waals surface area contributed by atoms with E-state index >= 15 is 0 Å². The molecule has 1 aromatic heterocycles. The molecule has 2 heterocycles. The molecule has 0 saturated carbocycles. The molecule has 10 heteroatoms. The van der Waals surface area contributed by atoms with Gasteiger partial charge in [-0.1, -0.05) is 13.0 Å². The van der Waals surface area contributed by atoms with Crippen molar-refractivity contribution in [2.75, 3.05) is 23.5 Å². The van der Waals surface area contributed by atoms with Crippen LogP contribution in [0.5, 0.6) is 0 Å². The zero-order chi connectivity index (χ0) is 22.2. The molecule has 0 spiro atoms. The lowest BCUT2D eigenvalue weighted by molar-refractivity contribution is -0.137. The van der Waals surface area contributed by atoms with E-state index in [1.165, 1.54) is 26.1 Å². The first-order chi connectivity index (χ1) is 14.0. The van der Waals surface area contributed by atoms with E-state index < -0.39 is 42.2 Å². The largest absolute Gasteiger partial charge is 0.446 e. The minimum atomic E-state index is -4.66. The van der Waals surface area contributed by atoms with Gasteiger partial charge in [-0.25, -0.2) is 19.1 Å². The van der Waals surface area contributed by atoms with E-state index in [1.54, 1.807) is 6.07 Å². The fourth-order valence-electron chi connectivity index (χ4n) is 3.18. The van der Waals surface area contributed by atoms with Gasteiger partial charge in [-0.05, 0) is 43.2 Å². The van der Waals surface area contributed by atoms with Crippen molar-refractivity contribution in [3.63, 3.8) is 0 Å². The van der Waals surface area contributed by atoms with Crippen LogP contribution in [0.2, 0.25) is 0 Å². The molecule has 1 aromatic carbocycles. The van der Waals surface area contributed by atoms with Gasteiger partial charge in [-0.3, -0.25) is 4.79 Å². The van der Waals surface area contributed by atoms with Gasteiger partial charge in [0, 0.05) is 12.7 Å². The number of ether oxygens (including phenoxy) is 1. The molecule has 1 atom stereocenters. The summed E-state index contributed by atoms with van der Waals surface area (Å²) < 4.78 is 58.8. The van der Waals surface area contributed by atoms with Gasteiger partial charge in [-0.2, -0.15) is 13.2 Å². The fourth-order valence-corrected chi connectivity index (χ4v) is 3.18. The van der Waals surface area contributed by atoms with E-state index in [9.17, 15) is 27.2 Å². The number of amides is 2. The number of halogens is 4. The second-order valence-corrected chi connectivity index (χ2v) is 6.85. The highest BCUT2D eigenvalue weighted by Gasteiger charge is 2.43. The monoisotopic (exact) mass is 425 g/mol. The van der Waals surface area contributed by atoms with Gasteiger partial charge in [-0.15, -0.1) is 0 Å². The van der Waals surface area contributed by atoms with Crippen LogP contribution in [-0.2, 0) is 22.1 Å². The van der Waals surface area contributed by atoms with Crippen LogP contribution in [0.1, 0.15) is 23.7 Å². The lowest BCUT2D eigenvalue weighted by atomic mass is 10.1. The molecule has 2 amide bonds. The molecule has 1 aliphatic rings. The van der Waals surface area contributed by atoms with Crippen molar-refractivity contribution in [2.24, 2.45) is 0 Å². The lowest BCUT2D eigenvalue weighted by Gasteiger charge is -2.26. The van der Waals surface area contributed by atoms with Crippen LogP contribution in [0.3, 0.4) is 0 Å². The van der Waals surface area contributed by atoms with Crippen LogP contribution in [0.4, 0.5) is 33.9 Å². The van der Waals surface area contributed by atoms with Gasteiger partial charge in [0.05, 0.1) is 11.3 Å². The smallest absolute Gasteiger partial charge is 0.416 e. The summed E-state index contributed by atoms with van der Waals surface area (Å²) in [5.74, 6) is -1.71. The zero-order valence-corrected chi connectivity index (χ0v) is 16.5. The van der Waals surface area contributed by atoms with E-state index in [0.29, 0.717) is 12.5 Å². The first-order valence-electron chi connectivity index (χ1n) is 9.10. The van der Waals surface area contributed by atoms with Crippen LogP contribution in [0.25, 0.3) is 0 Å². The summed E-state index contributed by atoms with van der Waals surface area (Å²) >= 11 is 0. The number of hydrogen-bond acceptors (Lipinski definition) is 4. The third-order valence-corrected chi connectivity index (χ3v) is 4.78. The number of aromatic nitrogens is 1. The Morgan fingerprint density at radius 2 is 2.00 bits per heavy atom. The summed E-state index contributed by atoms with van der Waals surface area (Å²) in [6.45, 7) is 2.80. The van der Waals surface area contributed by atoms with Crippen LogP contribution < -0.4 is 9.80 Å². The van der Waals surface area contributed by atoms with E-state index in [-0.39, 0.29) is 17.2 Å². The number of carbonyl (C=O) groups excluding carboxylic acids is 2. The number of pyridine rings is 1. The SMILES string of the molecule is CCc1ccc(N(C)C(=O)[C@@H]2COC(=O)N2c2cc(C(F)(F)F)cc(C)n2)c(F)c1. The Balaban J connectivity index is 1.95. The number of hydrogen-bond donors (Lipinski definition) is 0. The van der Waals surface area contributed by atoms with Gasteiger partial charge < -0.3 is 9.64 Å². The minimum absolute atomic E-state index is 0.0141. The summed E-state index contributed by atoms with van der Waals surface area (Å²) in [7, 11) is 1.32. The number of likely N-dealkylation sites (N-methyl/N-ethyl adjacent to an activating group) is 1. The van der Waals surface area contributed by atoms with Crippen LogP contribution >= 0.6 is 0 Å². The zero-order valence-electron chi connectivity index (χ0n) is 16.5. The number of nitrogens with zero attached hydrogens (tertiary/aromatic N) is 3. The molecule has 160 valence electrons. The minimum Gasteiger partial charge on any atom is -0.446 e. The van der Waals surface area contributed by atoms with E-state index in [2.05, 4.69) is 4.98 Å². The summed E-state index contributed by atoms with van der Waals surface area (Å²) in [5.41, 5.74) is -0.280. The molecule has 1 fully saturated rings. The molecule has 6 nitrogen and oxygen atoms in total. The van der Waals surface area contributed by atoms with Gasteiger partial charge in [0.1, 0.15) is 18.2 Å². The van der Waals surface area contributed by atoms with Crippen LogP contribution in [0.15, 0.2) is 30.3 Å². The third kappa shape index (κ3) is 4.07. The lowest BCUT2D eigenvalue weighted by Crippen LogP contribution is -2.47. The summed E-state index contributed by atoms with van der Waals surface area (Å²) in [6.07, 6.45) is -5.06. The standard InChI is InChI=1S/C20H19F4N3O3/c1-4-12-5-6-15(14(21)8-12)26(3)18(28)16-10-30-19(29)27(16)17-9-13(20(22,23)24)7-11(2)25-17/h5-9,16H,4,10H2,1-3H3/t16-/m0/s1. The molecule has 2 aromatic rings. The quantitative estimate of drug-likeness (QED) is 0.692. The molecular formula is C20H19F4N3O3. The molecule has 30 heavy (non-hydrogen) atoms. The Hall–Kier alpha value is -3.17. The van der Waals surface area contributed by atoms with Gasteiger partial charge >= 0.3 is 12.3 Å². The Morgan fingerprint density at radius 3 is 2.60 bits per heavy atom. The van der Waals surface area contributed by atoms with Gasteiger partial charge in [0.15, 0.2) is 6.04 Å². The maximum absolute atomic E-state index is 14.4. The van der Waals surface area contributed by atoms with Crippen molar-refractivity contribution < 1.29 is 31.9 Å². The summed E-state index contributed by atoms with van der Waals surface area (Å²) in [5, 5.41) is 0. The van der Waals surface area contributed by atoms with Gasteiger partial charge in [0.25, 0.3) is 5.91 Å². The number of carbonyl (C=O) groups is 2. The summed E-state index contributed by atoms with van der Waals surface area (Å²) in [4.78, 5) is 30.9. The Bertz CT molecular complexity index is 994. The number of benzene rings is 1. The third-order valence-electron chi connectivity index (χ3n) is 4.78. The Morgan fingerprint density at radius 1 is 1.30 bits per heavy atom. The van der Waals surface area contributed by atoms with Crippen molar-refractivity contribution in [3.05, 3.63) is 53.0 Å². The predicted molar refractivity (Wildman–Crippen MR) is 101 cm³/mol. The van der Waals surface area contributed by atoms with Crippen molar-refractivity contribution in [1.82, 2.24) is 4.98 Å². The van der Waals surface area contributed by atoms with Crippen molar-refractivity contribution in [2.45, 2.75) is 32.5 Å². The highest BCUT2D eigenvalue weighted by atomic mass is 19.4. The van der Waals surface area contributed by atoms with Crippen molar-refractivity contribution in [1.29, 1.82) is 0 Å². The number of anilines is 2. The second kappa shape index (κ2) is 7.92. The highest BCUT2D eigenvalue weighted by molar-refractivity contribution is 6.05. The number of aryl methyl sites for hydroxylation is 2. The average molecular weight is 425 g/mol. The highest BCUT2D eigenvalue weighted by Crippen LogP contribution is 2.33. The maximum atomic E-state index is 14.4. The molecule has 0 radical (unpaired) electrons. The van der Waals surface area contributed by atoms with E-state index in [4.69, 9.17) is 4.74 Å². The number of alkyl halides is 3. The maximum Gasteiger partial charge on any atom is 0.416 e. The Labute approximate surface area is 170 Å². The average Bonchev–Trinajstić information content (AvgIpc) is 3.07. The van der Waals surface area contributed by atoms with Crippen LogP contribution in [0, 0.1) is 12.7 Å². The molecule has 0 unspecified atom stereocenters. The molecule has 0 bridgehead atoms. The molecule has 1 saturated heterocycles. The van der Waals surface area contributed by atoms with Crippen LogP contribution in [-0.4, -0.2) is 36.7 Å². The molecule has 3 rings (SSSR count). The summed E-state index contributed by atoms with van der Waals surface area (Å²) in [6, 6.07) is 4.61. The van der Waals surface area contributed by atoms with Gasteiger partial charge in [0.2, 0.25) is 0 Å². The second-order valence-electron chi connectivity index (χ2n) is 6.85. The molecular weight excluding hydrogens is 406 g/mol. The molecule has 0 N–H and O–H groups in total. The Kier molecular flexibility index (Phi) is 5.69. The fraction of sp³-hybridized carbons (Fsp3) is 0.350.